The maximum atomic E-state index is 9.40. The van der Waals surface area contributed by atoms with Crippen LogP contribution in [0.2, 0.25) is 0 Å². The van der Waals surface area contributed by atoms with Gasteiger partial charge < -0.3 is 5.11 Å². The van der Waals surface area contributed by atoms with E-state index in [0.717, 1.165) is 16.5 Å². The number of rotatable bonds is 4. The summed E-state index contributed by atoms with van der Waals surface area (Å²) in [5.74, 6) is 0.862. The van der Waals surface area contributed by atoms with Crippen molar-refractivity contribution in [1.82, 2.24) is 4.98 Å². The van der Waals surface area contributed by atoms with E-state index in [0.29, 0.717) is 0 Å². The molecular formula is C13H15NOS2. The molecule has 0 bridgehead atoms. The molecule has 2 aromatic rings. The quantitative estimate of drug-likeness (QED) is 0.854. The highest BCUT2D eigenvalue weighted by molar-refractivity contribution is 7.98. The van der Waals surface area contributed by atoms with Gasteiger partial charge in [-0.15, -0.1) is 23.1 Å². The molecule has 1 unspecified atom stereocenters. The molecule has 4 heteroatoms. The van der Waals surface area contributed by atoms with Crippen LogP contribution < -0.4 is 0 Å². The Kier molecular flexibility index (Phi) is 4.20. The standard InChI is InChI=1S/C13H15NOS2/c1-9-4-3-5-11(6-9)16-8-13-14-12(7-17-13)10(2)15/h3-7,10,15H,8H2,1-2H3. The number of aliphatic hydroxyl groups excluding tert-OH is 1. The molecule has 0 radical (unpaired) electrons. The summed E-state index contributed by atoms with van der Waals surface area (Å²) in [5.41, 5.74) is 2.05. The van der Waals surface area contributed by atoms with Gasteiger partial charge in [0.25, 0.3) is 0 Å². The zero-order valence-corrected chi connectivity index (χ0v) is 11.5. The minimum atomic E-state index is -0.469. The van der Waals surface area contributed by atoms with E-state index >= 15 is 0 Å². The molecule has 0 aliphatic heterocycles. The van der Waals surface area contributed by atoms with Gasteiger partial charge in [-0.1, -0.05) is 17.7 Å². The summed E-state index contributed by atoms with van der Waals surface area (Å²) in [4.78, 5) is 5.66. The van der Waals surface area contributed by atoms with Crippen LogP contribution in [0.4, 0.5) is 0 Å². The Morgan fingerprint density at radius 2 is 2.29 bits per heavy atom. The number of thioether (sulfide) groups is 1. The molecule has 0 fully saturated rings. The number of nitrogens with zero attached hydrogens (tertiary/aromatic N) is 1. The second kappa shape index (κ2) is 5.67. The lowest BCUT2D eigenvalue weighted by atomic mass is 10.2. The van der Waals surface area contributed by atoms with Crippen LogP contribution in [-0.2, 0) is 5.75 Å². The zero-order chi connectivity index (χ0) is 12.3. The lowest BCUT2D eigenvalue weighted by Gasteiger charge is -2.00. The van der Waals surface area contributed by atoms with Gasteiger partial charge in [-0.05, 0) is 26.0 Å². The summed E-state index contributed by atoms with van der Waals surface area (Å²) in [6.07, 6.45) is -0.469. The summed E-state index contributed by atoms with van der Waals surface area (Å²) in [7, 11) is 0. The Bertz CT molecular complexity index is 494. The van der Waals surface area contributed by atoms with Crippen LogP contribution in [0.3, 0.4) is 0 Å². The van der Waals surface area contributed by atoms with E-state index in [-0.39, 0.29) is 0 Å². The molecule has 1 N–H and O–H groups in total. The third-order valence-corrected chi connectivity index (χ3v) is 4.40. The number of hydrogen-bond acceptors (Lipinski definition) is 4. The van der Waals surface area contributed by atoms with Crippen molar-refractivity contribution in [2.24, 2.45) is 0 Å². The van der Waals surface area contributed by atoms with Crippen molar-refractivity contribution < 1.29 is 5.11 Å². The number of aromatic nitrogens is 1. The van der Waals surface area contributed by atoms with E-state index in [4.69, 9.17) is 0 Å². The van der Waals surface area contributed by atoms with Crippen LogP contribution in [0.1, 0.15) is 29.3 Å². The number of thiazole rings is 1. The Balaban J connectivity index is 1.97. The molecule has 0 aliphatic carbocycles. The van der Waals surface area contributed by atoms with Gasteiger partial charge in [0.1, 0.15) is 5.01 Å². The van der Waals surface area contributed by atoms with E-state index in [1.807, 2.05) is 5.38 Å². The lowest BCUT2D eigenvalue weighted by Crippen LogP contribution is -1.91. The molecule has 0 aliphatic rings. The van der Waals surface area contributed by atoms with Crippen molar-refractivity contribution in [3.63, 3.8) is 0 Å². The molecule has 17 heavy (non-hydrogen) atoms. The highest BCUT2D eigenvalue weighted by atomic mass is 32.2. The first kappa shape index (κ1) is 12.6. The van der Waals surface area contributed by atoms with Crippen LogP contribution in [0.15, 0.2) is 34.5 Å². The predicted octanol–water partition coefficient (Wildman–Crippen LogP) is 3.80. The highest BCUT2D eigenvalue weighted by Gasteiger charge is 2.07. The topological polar surface area (TPSA) is 33.1 Å². The van der Waals surface area contributed by atoms with Crippen LogP contribution in [-0.4, -0.2) is 10.1 Å². The fraction of sp³-hybridized carbons (Fsp3) is 0.308. The van der Waals surface area contributed by atoms with Crippen molar-refractivity contribution in [3.8, 4) is 0 Å². The van der Waals surface area contributed by atoms with Crippen LogP contribution in [0, 0.1) is 6.92 Å². The maximum absolute atomic E-state index is 9.40. The predicted molar refractivity (Wildman–Crippen MR) is 73.5 cm³/mol. The Morgan fingerprint density at radius 3 is 2.94 bits per heavy atom. The first-order chi connectivity index (χ1) is 8.15. The van der Waals surface area contributed by atoms with E-state index < -0.39 is 6.10 Å². The van der Waals surface area contributed by atoms with E-state index in [9.17, 15) is 5.11 Å². The van der Waals surface area contributed by atoms with E-state index in [1.165, 1.54) is 10.5 Å². The average Bonchev–Trinajstić information content (AvgIpc) is 2.75. The molecule has 1 heterocycles. The van der Waals surface area contributed by atoms with Crippen molar-refractivity contribution in [3.05, 3.63) is 45.9 Å². The van der Waals surface area contributed by atoms with Crippen LogP contribution in [0.25, 0.3) is 0 Å². The monoisotopic (exact) mass is 265 g/mol. The first-order valence-corrected chi connectivity index (χ1v) is 7.33. The largest absolute Gasteiger partial charge is 0.387 e. The number of hydrogen-bond donors (Lipinski definition) is 1. The van der Waals surface area contributed by atoms with E-state index in [1.54, 1.807) is 30.0 Å². The number of aryl methyl sites for hydroxylation is 1. The second-order valence-corrected chi connectivity index (χ2v) is 5.94. The van der Waals surface area contributed by atoms with Crippen LogP contribution >= 0.6 is 23.1 Å². The average molecular weight is 265 g/mol. The number of aliphatic hydroxyl groups is 1. The van der Waals surface area contributed by atoms with Gasteiger partial charge in [0.2, 0.25) is 0 Å². The SMILES string of the molecule is Cc1cccc(SCc2nc(C(C)O)cs2)c1. The van der Waals surface area contributed by atoms with Crippen molar-refractivity contribution >= 4 is 23.1 Å². The minimum Gasteiger partial charge on any atom is -0.387 e. The van der Waals surface area contributed by atoms with E-state index in [2.05, 4.69) is 36.2 Å². The molecular weight excluding hydrogens is 250 g/mol. The Morgan fingerprint density at radius 1 is 1.47 bits per heavy atom. The smallest absolute Gasteiger partial charge is 0.103 e. The Hall–Kier alpha value is -0.840. The molecule has 1 atom stereocenters. The van der Waals surface area contributed by atoms with Crippen molar-refractivity contribution in [2.75, 3.05) is 0 Å². The van der Waals surface area contributed by atoms with Crippen molar-refractivity contribution in [1.29, 1.82) is 0 Å². The fourth-order valence-corrected chi connectivity index (χ4v) is 3.35. The minimum absolute atomic E-state index is 0.469. The third kappa shape index (κ3) is 3.56. The lowest BCUT2D eigenvalue weighted by molar-refractivity contribution is 0.195. The van der Waals surface area contributed by atoms with Gasteiger partial charge >= 0.3 is 0 Å². The summed E-state index contributed by atoms with van der Waals surface area (Å²) < 4.78 is 0. The summed E-state index contributed by atoms with van der Waals surface area (Å²) in [5, 5.41) is 12.4. The Labute approximate surface area is 110 Å². The second-order valence-electron chi connectivity index (χ2n) is 3.95. The molecule has 1 aromatic heterocycles. The molecule has 2 rings (SSSR count). The molecule has 1 aromatic carbocycles. The molecule has 0 saturated carbocycles. The van der Waals surface area contributed by atoms with Gasteiger partial charge in [0.15, 0.2) is 0 Å². The molecule has 0 spiro atoms. The molecule has 0 amide bonds. The normalized spacial score (nSPS) is 12.6. The molecule has 0 saturated heterocycles. The van der Waals surface area contributed by atoms with Crippen LogP contribution in [0.5, 0.6) is 0 Å². The fourth-order valence-electron chi connectivity index (χ4n) is 1.43. The van der Waals surface area contributed by atoms with Gasteiger partial charge in [-0.2, -0.15) is 0 Å². The molecule has 90 valence electrons. The third-order valence-electron chi connectivity index (χ3n) is 2.35. The maximum Gasteiger partial charge on any atom is 0.103 e. The summed E-state index contributed by atoms with van der Waals surface area (Å²) >= 11 is 3.39. The highest BCUT2D eigenvalue weighted by Crippen LogP contribution is 2.26. The van der Waals surface area contributed by atoms with Gasteiger partial charge in [-0.25, -0.2) is 4.98 Å². The summed E-state index contributed by atoms with van der Waals surface area (Å²) in [6, 6.07) is 8.45. The summed E-state index contributed by atoms with van der Waals surface area (Å²) in [6.45, 7) is 3.84. The first-order valence-electron chi connectivity index (χ1n) is 5.47. The van der Waals surface area contributed by atoms with Gasteiger partial charge in [0, 0.05) is 10.3 Å². The molecule has 2 nitrogen and oxygen atoms in total. The van der Waals surface area contributed by atoms with Gasteiger partial charge in [0.05, 0.1) is 17.6 Å². The van der Waals surface area contributed by atoms with Crippen molar-refractivity contribution in [2.45, 2.75) is 30.6 Å². The zero-order valence-electron chi connectivity index (χ0n) is 9.88. The number of benzene rings is 1. The van der Waals surface area contributed by atoms with Gasteiger partial charge in [-0.3, -0.25) is 0 Å².